The largest absolute Gasteiger partial charge is 0.508 e. The molecular weight excluding hydrogens is 248 g/mol. The highest BCUT2D eigenvalue weighted by atomic mass is 32.2. The van der Waals surface area contributed by atoms with Crippen LogP contribution in [0.1, 0.15) is 5.56 Å². The first-order chi connectivity index (χ1) is 7.97. The quantitative estimate of drug-likeness (QED) is 0.642. The summed E-state index contributed by atoms with van der Waals surface area (Å²) in [6, 6.07) is 5.99. The van der Waals surface area contributed by atoms with E-state index in [1.165, 1.54) is 12.1 Å². The molecule has 0 saturated carbocycles. The third-order valence-corrected chi connectivity index (χ3v) is 3.30. The summed E-state index contributed by atoms with van der Waals surface area (Å²) < 4.78 is 40.6. The summed E-state index contributed by atoms with van der Waals surface area (Å²) in [5, 5.41) is 0. The van der Waals surface area contributed by atoms with Gasteiger partial charge in [-0.15, -0.1) is 0 Å². The van der Waals surface area contributed by atoms with Crippen LogP contribution >= 0.6 is 0 Å². The molecule has 7 heteroatoms. The molecule has 1 fully saturated rings. The predicted octanol–water partition coefficient (Wildman–Crippen LogP) is 1.01. The summed E-state index contributed by atoms with van der Waals surface area (Å²) in [5.41, 5.74) is 0.387. The number of cyclic esters (lactones) is 2. The second kappa shape index (κ2) is 4.34. The van der Waals surface area contributed by atoms with Gasteiger partial charge in [0.1, 0.15) is 12.7 Å². The Morgan fingerprint density at radius 1 is 1.35 bits per heavy atom. The maximum atomic E-state index is 11.1. The van der Waals surface area contributed by atoms with Crippen molar-refractivity contribution in [3.8, 4) is 0 Å². The topological polar surface area (TPSA) is 89.9 Å². The lowest BCUT2D eigenvalue weighted by molar-refractivity contribution is 0.118. The van der Waals surface area contributed by atoms with Gasteiger partial charge in [0.05, 0.1) is 4.90 Å². The molecule has 1 N–H and O–H groups in total. The lowest BCUT2D eigenvalue weighted by Gasteiger charge is -2.09. The number of carbonyl (C=O) groups is 1. The van der Waals surface area contributed by atoms with E-state index in [1.807, 2.05) is 0 Å². The number of carbonyl (C=O) groups excluding carboxylic acids is 1. The Balaban J connectivity index is 2.24. The van der Waals surface area contributed by atoms with Crippen molar-refractivity contribution in [3.63, 3.8) is 0 Å². The summed E-state index contributed by atoms with van der Waals surface area (Å²) >= 11 is 0. The van der Waals surface area contributed by atoms with Gasteiger partial charge in [0.25, 0.3) is 10.1 Å². The van der Waals surface area contributed by atoms with Gasteiger partial charge in [-0.2, -0.15) is 8.42 Å². The van der Waals surface area contributed by atoms with Crippen molar-refractivity contribution in [1.29, 1.82) is 0 Å². The number of hydrogen-bond acceptors (Lipinski definition) is 5. The average Bonchev–Trinajstić information content (AvgIpc) is 2.63. The van der Waals surface area contributed by atoms with Gasteiger partial charge in [-0.05, 0) is 11.6 Å². The Kier molecular flexibility index (Phi) is 3.03. The zero-order valence-corrected chi connectivity index (χ0v) is 9.51. The fourth-order valence-corrected chi connectivity index (χ4v) is 2.37. The molecule has 1 aromatic rings. The molecule has 1 aromatic carbocycles. The first-order valence-electron chi connectivity index (χ1n) is 4.85. The van der Waals surface area contributed by atoms with E-state index in [0.717, 1.165) is 0 Å². The molecule has 1 aliphatic heterocycles. The molecule has 6 nitrogen and oxygen atoms in total. The number of rotatable bonds is 3. The van der Waals surface area contributed by atoms with Crippen molar-refractivity contribution in [2.45, 2.75) is 17.4 Å². The van der Waals surface area contributed by atoms with Crippen LogP contribution in [0.2, 0.25) is 0 Å². The maximum absolute atomic E-state index is 11.1. The van der Waals surface area contributed by atoms with E-state index in [2.05, 4.69) is 4.74 Å². The molecule has 1 heterocycles. The van der Waals surface area contributed by atoms with Gasteiger partial charge in [0.2, 0.25) is 0 Å². The first-order valence-corrected chi connectivity index (χ1v) is 6.29. The minimum Gasteiger partial charge on any atom is -0.430 e. The number of hydrogen-bond donors (Lipinski definition) is 1. The van der Waals surface area contributed by atoms with Crippen LogP contribution in [0.25, 0.3) is 0 Å². The van der Waals surface area contributed by atoms with Crippen LogP contribution in [0.5, 0.6) is 0 Å². The molecule has 0 aliphatic carbocycles. The van der Waals surface area contributed by atoms with Gasteiger partial charge in [-0.3, -0.25) is 4.55 Å². The highest BCUT2D eigenvalue weighted by molar-refractivity contribution is 7.85. The van der Waals surface area contributed by atoms with Gasteiger partial charge >= 0.3 is 6.16 Å². The lowest BCUT2D eigenvalue weighted by atomic mass is 10.1. The van der Waals surface area contributed by atoms with Gasteiger partial charge in [-0.25, -0.2) is 4.79 Å². The number of benzene rings is 1. The van der Waals surface area contributed by atoms with Crippen LogP contribution in [0.3, 0.4) is 0 Å². The summed E-state index contributed by atoms with van der Waals surface area (Å²) in [5.74, 6) is 0. The zero-order chi connectivity index (χ0) is 12.5. The van der Waals surface area contributed by atoms with Crippen LogP contribution in [-0.4, -0.2) is 31.8 Å². The first kappa shape index (κ1) is 11.9. The monoisotopic (exact) mass is 258 g/mol. The van der Waals surface area contributed by atoms with E-state index in [0.29, 0.717) is 5.56 Å². The Hall–Kier alpha value is -1.60. The molecule has 0 bridgehead atoms. The molecule has 17 heavy (non-hydrogen) atoms. The Morgan fingerprint density at radius 3 is 2.65 bits per heavy atom. The predicted molar refractivity (Wildman–Crippen MR) is 56.2 cm³/mol. The fraction of sp³-hybridized carbons (Fsp3) is 0.300. The lowest BCUT2D eigenvalue weighted by Crippen LogP contribution is -2.15. The van der Waals surface area contributed by atoms with Crippen LogP contribution in [-0.2, 0) is 26.0 Å². The fourth-order valence-electron chi connectivity index (χ4n) is 1.64. The molecule has 0 spiro atoms. The zero-order valence-electron chi connectivity index (χ0n) is 8.70. The van der Waals surface area contributed by atoms with E-state index in [1.54, 1.807) is 12.1 Å². The molecule has 92 valence electrons. The van der Waals surface area contributed by atoms with Gasteiger partial charge < -0.3 is 9.47 Å². The van der Waals surface area contributed by atoms with Crippen LogP contribution in [0.4, 0.5) is 4.79 Å². The maximum Gasteiger partial charge on any atom is 0.508 e. The van der Waals surface area contributed by atoms with E-state index in [4.69, 9.17) is 9.29 Å². The minimum atomic E-state index is -4.27. The van der Waals surface area contributed by atoms with Crippen molar-refractivity contribution in [1.82, 2.24) is 0 Å². The van der Waals surface area contributed by atoms with Crippen LogP contribution in [0.15, 0.2) is 29.2 Å². The van der Waals surface area contributed by atoms with Crippen molar-refractivity contribution in [2.75, 3.05) is 6.61 Å². The SMILES string of the molecule is O=C1OCC(Cc2ccccc2S(=O)(=O)O)O1. The van der Waals surface area contributed by atoms with E-state index in [9.17, 15) is 13.2 Å². The Morgan fingerprint density at radius 2 is 2.06 bits per heavy atom. The highest BCUT2D eigenvalue weighted by Gasteiger charge is 2.27. The van der Waals surface area contributed by atoms with Crippen molar-refractivity contribution in [2.24, 2.45) is 0 Å². The Bertz CT molecular complexity index is 535. The smallest absolute Gasteiger partial charge is 0.430 e. The third-order valence-electron chi connectivity index (χ3n) is 2.35. The molecule has 0 radical (unpaired) electrons. The second-order valence-corrected chi connectivity index (χ2v) is 4.98. The van der Waals surface area contributed by atoms with E-state index >= 15 is 0 Å². The standard InChI is InChI=1S/C10H10O6S/c11-10-15-6-8(16-10)5-7-3-1-2-4-9(7)17(12,13)14/h1-4,8H,5-6H2,(H,12,13,14). The highest BCUT2D eigenvalue weighted by Crippen LogP contribution is 2.19. The van der Waals surface area contributed by atoms with E-state index in [-0.39, 0.29) is 17.9 Å². The molecule has 2 rings (SSSR count). The third kappa shape index (κ3) is 2.75. The molecular formula is C10H10O6S. The van der Waals surface area contributed by atoms with Crippen molar-refractivity contribution < 1.29 is 27.2 Å². The normalized spacial score (nSPS) is 19.8. The summed E-state index contributed by atoms with van der Waals surface area (Å²) in [7, 11) is -4.27. The second-order valence-electron chi connectivity index (χ2n) is 3.59. The van der Waals surface area contributed by atoms with Gasteiger partial charge in [0, 0.05) is 6.42 Å². The average molecular weight is 258 g/mol. The molecule has 1 unspecified atom stereocenters. The van der Waals surface area contributed by atoms with Gasteiger partial charge in [0.15, 0.2) is 0 Å². The van der Waals surface area contributed by atoms with Gasteiger partial charge in [-0.1, -0.05) is 18.2 Å². The Labute approximate surface area is 97.9 Å². The summed E-state index contributed by atoms with van der Waals surface area (Å²) in [6.45, 7) is 0.0820. The molecule has 1 atom stereocenters. The molecule has 1 aliphatic rings. The van der Waals surface area contributed by atoms with Crippen LogP contribution < -0.4 is 0 Å². The van der Waals surface area contributed by atoms with Crippen molar-refractivity contribution in [3.05, 3.63) is 29.8 Å². The van der Waals surface area contributed by atoms with E-state index < -0.39 is 22.4 Å². The molecule has 0 aromatic heterocycles. The summed E-state index contributed by atoms with van der Waals surface area (Å²) in [6.07, 6.45) is -1.11. The molecule has 1 saturated heterocycles. The van der Waals surface area contributed by atoms with Crippen molar-refractivity contribution >= 4 is 16.3 Å². The minimum absolute atomic E-state index is 0.0820. The van der Waals surface area contributed by atoms with Crippen LogP contribution in [0, 0.1) is 0 Å². The number of ether oxygens (including phenoxy) is 2. The summed E-state index contributed by atoms with van der Waals surface area (Å²) in [4.78, 5) is 10.5. The molecule has 0 amide bonds.